The third-order valence-corrected chi connectivity index (χ3v) is 4.19. The van der Waals surface area contributed by atoms with E-state index in [0.29, 0.717) is 11.2 Å². The van der Waals surface area contributed by atoms with Crippen molar-refractivity contribution in [3.8, 4) is 11.5 Å². The number of nitrogens with zero attached hydrogens (tertiary/aromatic N) is 4. The summed E-state index contributed by atoms with van der Waals surface area (Å²) < 4.78 is 8.59. The van der Waals surface area contributed by atoms with Crippen molar-refractivity contribution in [3.05, 3.63) is 50.9 Å². The lowest BCUT2D eigenvalue weighted by Gasteiger charge is -2.11. The Morgan fingerprint density at radius 3 is 2.82 bits per heavy atom. The zero-order valence-electron chi connectivity index (χ0n) is 15.4. The Balaban J connectivity index is 1.77. The molecular weight excluding hydrogens is 368 g/mol. The summed E-state index contributed by atoms with van der Waals surface area (Å²) in [4.78, 5) is 39.3. The van der Waals surface area contributed by atoms with Crippen LogP contribution in [0.3, 0.4) is 0 Å². The van der Waals surface area contributed by atoms with Crippen molar-refractivity contribution in [2.75, 3.05) is 7.11 Å². The van der Waals surface area contributed by atoms with Gasteiger partial charge in [-0.15, -0.1) is 0 Å². The van der Waals surface area contributed by atoms with Gasteiger partial charge in [-0.2, -0.15) is 5.10 Å². The van der Waals surface area contributed by atoms with E-state index in [1.807, 2.05) is 0 Å². The molecule has 0 spiro atoms. The largest absolute Gasteiger partial charge is 0.870 e. The van der Waals surface area contributed by atoms with Crippen molar-refractivity contribution in [2.45, 2.75) is 6.54 Å². The number of hydrogen-bond acceptors (Lipinski definition) is 6. The molecule has 0 bridgehead atoms. The van der Waals surface area contributed by atoms with Crippen LogP contribution in [0, 0.1) is 0 Å². The molecule has 0 aliphatic carbocycles. The number of aromatic nitrogens is 4. The highest BCUT2D eigenvalue weighted by Gasteiger charge is 2.21. The molecule has 2 N–H and O–H groups in total. The first-order chi connectivity index (χ1) is 13.3. The number of benzene rings is 1. The van der Waals surface area contributed by atoms with E-state index in [1.54, 1.807) is 6.07 Å². The van der Waals surface area contributed by atoms with Crippen molar-refractivity contribution >= 4 is 23.3 Å². The summed E-state index contributed by atoms with van der Waals surface area (Å²) in [6, 6.07) is 4.37. The number of carbonyl (C=O) groups excluding carboxylic acids is 1. The van der Waals surface area contributed by atoms with Crippen molar-refractivity contribution in [2.24, 2.45) is 19.2 Å². The predicted octanol–water partition coefficient (Wildman–Crippen LogP) is -1.91. The minimum Gasteiger partial charge on any atom is -0.870 e. The van der Waals surface area contributed by atoms with Gasteiger partial charge in [0.15, 0.2) is 6.54 Å². The van der Waals surface area contributed by atoms with Crippen LogP contribution in [0.5, 0.6) is 11.5 Å². The smallest absolute Gasteiger partial charge is 0.333 e. The topological polar surface area (TPSA) is 137 Å². The van der Waals surface area contributed by atoms with E-state index in [9.17, 15) is 19.5 Å². The Bertz CT molecular complexity index is 1200. The molecule has 0 fully saturated rings. The van der Waals surface area contributed by atoms with Crippen LogP contribution in [0.1, 0.15) is 5.56 Å². The third-order valence-electron chi connectivity index (χ3n) is 4.19. The van der Waals surface area contributed by atoms with Gasteiger partial charge in [0.25, 0.3) is 17.1 Å². The Kier molecular flexibility index (Phi) is 4.98. The summed E-state index contributed by atoms with van der Waals surface area (Å²) >= 11 is 0. The summed E-state index contributed by atoms with van der Waals surface area (Å²) in [5.41, 5.74) is 2.44. The zero-order valence-corrected chi connectivity index (χ0v) is 15.4. The molecule has 1 amide bonds. The van der Waals surface area contributed by atoms with E-state index in [0.717, 1.165) is 4.57 Å². The van der Waals surface area contributed by atoms with Gasteiger partial charge in [-0.1, -0.05) is 17.9 Å². The zero-order chi connectivity index (χ0) is 20.4. The summed E-state index contributed by atoms with van der Waals surface area (Å²) in [7, 11) is 4.28. The van der Waals surface area contributed by atoms with Crippen molar-refractivity contribution in [1.29, 1.82) is 0 Å². The number of aromatic amines is 1. The molecule has 3 rings (SSSR count). The minimum absolute atomic E-state index is 0.172. The number of nitrogens with one attached hydrogen (secondary N) is 2. The summed E-state index contributed by atoms with van der Waals surface area (Å²) in [5.74, 6) is -0.563. The molecule has 28 heavy (non-hydrogen) atoms. The van der Waals surface area contributed by atoms with E-state index in [1.165, 1.54) is 55.0 Å². The summed E-state index contributed by atoms with van der Waals surface area (Å²) in [6.07, 6.45) is 2.80. The molecule has 2 aromatic heterocycles. The van der Waals surface area contributed by atoms with Gasteiger partial charge in [-0.25, -0.2) is 19.8 Å². The molecule has 0 aliphatic rings. The molecule has 1 aromatic carbocycles. The second-order valence-electron chi connectivity index (χ2n) is 6.01. The highest BCUT2D eigenvalue weighted by molar-refractivity contribution is 5.83. The van der Waals surface area contributed by atoms with Gasteiger partial charge in [-0.05, 0) is 11.6 Å². The standard InChI is InChI=1S/C17H18N6O5/c1-21-15-14(16(26)22(2)17(21)27)23(9-18-15)8-13(25)20-19-7-10-4-5-11(24)12(6-10)28-3/h4-7,9H,8H2,1-3H3,(H2,19,20,24,25). The lowest BCUT2D eigenvalue weighted by molar-refractivity contribution is -0.659. The highest BCUT2D eigenvalue weighted by atomic mass is 16.5. The first-order valence-corrected chi connectivity index (χ1v) is 8.17. The maximum atomic E-state index is 12.4. The van der Waals surface area contributed by atoms with Crippen molar-refractivity contribution in [1.82, 2.24) is 19.5 Å². The van der Waals surface area contributed by atoms with Crippen LogP contribution in [0.4, 0.5) is 0 Å². The summed E-state index contributed by atoms with van der Waals surface area (Å²) in [5, 5.41) is 15.3. The molecule has 0 unspecified atom stereocenters. The van der Waals surface area contributed by atoms with Gasteiger partial charge in [0.05, 0.1) is 13.3 Å². The number of carbonyl (C=O) groups is 1. The quantitative estimate of drug-likeness (QED) is 0.299. The number of ether oxygens (including phenoxy) is 1. The molecule has 0 radical (unpaired) electrons. The van der Waals surface area contributed by atoms with Crippen LogP contribution in [0.25, 0.3) is 11.2 Å². The molecule has 0 saturated heterocycles. The first-order valence-electron chi connectivity index (χ1n) is 8.17. The van der Waals surface area contributed by atoms with E-state index >= 15 is 0 Å². The number of rotatable bonds is 5. The van der Waals surface area contributed by atoms with E-state index in [4.69, 9.17) is 4.74 Å². The van der Waals surface area contributed by atoms with Crippen LogP contribution in [-0.4, -0.2) is 33.3 Å². The van der Waals surface area contributed by atoms with Crippen LogP contribution in [0.15, 0.2) is 39.2 Å². The van der Waals surface area contributed by atoms with E-state index < -0.39 is 17.2 Å². The Morgan fingerprint density at radius 1 is 1.36 bits per heavy atom. The lowest BCUT2D eigenvalue weighted by atomic mass is 10.2. The molecule has 2 heterocycles. The van der Waals surface area contributed by atoms with Crippen LogP contribution in [-0.2, 0) is 25.4 Å². The molecule has 3 aromatic rings. The Hall–Kier alpha value is -3.89. The molecular formula is C17H18N6O5. The second-order valence-corrected chi connectivity index (χ2v) is 6.01. The SMILES string of the molecule is COc1cc(/C=N/NC(=O)C[n+]2c[nH]c3c2c(=O)n(C)c(=O)n3C)ccc1[O-]. The number of imidazole rings is 1. The minimum atomic E-state index is -0.513. The van der Waals surface area contributed by atoms with Gasteiger partial charge in [-0.3, -0.25) is 18.7 Å². The lowest BCUT2D eigenvalue weighted by Crippen LogP contribution is -2.46. The van der Waals surface area contributed by atoms with Gasteiger partial charge in [0.2, 0.25) is 6.33 Å². The van der Waals surface area contributed by atoms with Gasteiger partial charge in [0.1, 0.15) is 5.75 Å². The normalized spacial score (nSPS) is 11.2. The maximum absolute atomic E-state index is 12.4. The van der Waals surface area contributed by atoms with Crippen LogP contribution in [0.2, 0.25) is 0 Å². The van der Waals surface area contributed by atoms with E-state index in [-0.39, 0.29) is 23.6 Å². The number of hydrogen-bond donors (Lipinski definition) is 2. The molecule has 0 atom stereocenters. The number of fused-ring (bicyclic) bond motifs is 1. The van der Waals surface area contributed by atoms with Gasteiger partial charge >= 0.3 is 11.2 Å². The van der Waals surface area contributed by atoms with Gasteiger partial charge < -0.3 is 9.84 Å². The average molecular weight is 386 g/mol. The number of H-pyrrole nitrogens is 1. The maximum Gasteiger partial charge on any atom is 0.333 e. The predicted molar refractivity (Wildman–Crippen MR) is 97.2 cm³/mol. The Labute approximate surface area is 158 Å². The second kappa shape index (κ2) is 7.39. The van der Waals surface area contributed by atoms with Gasteiger partial charge in [0, 0.05) is 14.1 Å². The third kappa shape index (κ3) is 3.37. The number of aryl methyl sites for hydroxylation is 1. The fraction of sp³-hybridized carbons (Fsp3) is 0.235. The van der Waals surface area contributed by atoms with Crippen LogP contribution < -0.4 is 31.1 Å². The fourth-order valence-electron chi connectivity index (χ4n) is 2.71. The van der Waals surface area contributed by atoms with Crippen LogP contribution >= 0.6 is 0 Å². The highest BCUT2D eigenvalue weighted by Crippen LogP contribution is 2.22. The number of hydrazone groups is 1. The van der Waals surface area contributed by atoms with Crippen molar-refractivity contribution < 1.29 is 19.2 Å². The van der Waals surface area contributed by atoms with E-state index in [2.05, 4.69) is 15.5 Å². The molecule has 11 nitrogen and oxygen atoms in total. The summed E-state index contributed by atoms with van der Waals surface area (Å²) in [6.45, 7) is -0.187. The average Bonchev–Trinajstić information content (AvgIpc) is 3.09. The number of methoxy groups -OCH3 is 1. The molecule has 146 valence electrons. The molecule has 11 heteroatoms. The molecule has 0 saturated carbocycles. The number of amides is 1. The monoisotopic (exact) mass is 386 g/mol. The molecule has 0 aliphatic heterocycles. The van der Waals surface area contributed by atoms with Crippen molar-refractivity contribution in [3.63, 3.8) is 0 Å². The Morgan fingerprint density at radius 2 is 2.11 bits per heavy atom. The fourth-order valence-corrected chi connectivity index (χ4v) is 2.71. The first kappa shape index (κ1) is 18.9.